The number of hydrogen-bond donors (Lipinski definition) is 2. The largest absolute Gasteiger partial charge is 0.449 e. The molecule has 0 aromatic rings. The van der Waals surface area contributed by atoms with E-state index in [2.05, 4.69) is 0 Å². The van der Waals surface area contributed by atoms with Gasteiger partial charge in [-0.15, -0.1) is 0 Å². The van der Waals surface area contributed by atoms with Gasteiger partial charge >= 0.3 is 12.1 Å². The zero-order chi connectivity index (χ0) is 13.8. The molecule has 8 nitrogen and oxygen atoms in total. The summed E-state index contributed by atoms with van der Waals surface area (Å²) >= 11 is 0. The first-order chi connectivity index (χ1) is 8.47. The molecule has 0 saturated carbocycles. The molecule has 0 aromatic carbocycles. The Balaban J connectivity index is 2.82. The molecule has 1 atom stereocenters. The van der Waals surface area contributed by atoms with Crippen molar-refractivity contribution in [3.63, 3.8) is 0 Å². The number of carbonyl (C=O) groups is 2. The van der Waals surface area contributed by atoms with Crippen molar-refractivity contribution >= 4 is 12.1 Å². The molecule has 4 N–H and O–H groups in total. The normalized spacial score (nSPS) is 24.2. The summed E-state index contributed by atoms with van der Waals surface area (Å²) in [5.41, 5.74) is 9.85. The topological polar surface area (TPSA) is 111 Å². The Hall–Kier alpha value is -1.38. The molecule has 104 valence electrons. The fraction of sp³-hybridized carbons (Fsp3) is 0.800. The van der Waals surface area contributed by atoms with Gasteiger partial charge in [-0.1, -0.05) is 0 Å². The number of carbonyl (C=O) groups excluding carboxylic acids is 2. The number of nitrogens with two attached hydrogens (primary N) is 2. The molecule has 0 spiro atoms. The Kier molecular flexibility index (Phi) is 4.88. The first kappa shape index (κ1) is 14.7. The maximum absolute atomic E-state index is 11.8. The first-order valence-electron chi connectivity index (χ1n) is 5.89. The Morgan fingerprint density at radius 1 is 1.50 bits per heavy atom. The van der Waals surface area contributed by atoms with E-state index in [0.29, 0.717) is 19.4 Å². The zero-order valence-corrected chi connectivity index (χ0v) is 10.7. The Morgan fingerprint density at radius 2 is 2.17 bits per heavy atom. The van der Waals surface area contributed by atoms with Crippen LogP contribution in [0.2, 0.25) is 0 Å². The van der Waals surface area contributed by atoms with Gasteiger partial charge < -0.3 is 15.3 Å². The van der Waals surface area contributed by atoms with Crippen LogP contribution in [0.15, 0.2) is 0 Å². The molecular weight excluding hydrogens is 240 g/mol. The molecule has 1 rings (SSSR count). The van der Waals surface area contributed by atoms with Gasteiger partial charge in [-0.05, 0) is 37.9 Å². The summed E-state index contributed by atoms with van der Waals surface area (Å²) < 4.78 is 4.85. The van der Waals surface area contributed by atoms with Crippen LogP contribution in [-0.4, -0.2) is 48.1 Å². The lowest BCUT2D eigenvalue weighted by Crippen LogP contribution is -2.60. The van der Waals surface area contributed by atoms with Gasteiger partial charge in [-0.3, -0.25) is 5.73 Å². The molecular formula is C10H20N4O4. The second kappa shape index (κ2) is 5.98. The van der Waals surface area contributed by atoms with Crippen molar-refractivity contribution in [2.75, 3.05) is 20.2 Å². The summed E-state index contributed by atoms with van der Waals surface area (Å²) in [7, 11) is 1.42. The van der Waals surface area contributed by atoms with E-state index in [1.807, 2.05) is 0 Å². The summed E-state index contributed by atoms with van der Waals surface area (Å²) in [6.07, 6.45) is 0.895. The molecule has 0 radical (unpaired) electrons. The number of hydrazine groups is 1. The predicted octanol–water partition coefficient (Wildman–Crippen LogP) is -0.452. The fourth-order valence-corrected chi connectivity index (χ4v) is 1.79. The van der Waals surface area contributed by atoms with Crippen LogP contribution in [0.3, 0.4) is 0 Å². The van der Waals surface area contributed by atoms with E-state index in [9.17, 15) is 9.59 Å². The second-order valence-electron chi connectivity index (χ2n) is 4.02. The van der Waals surface area contributed by atoms with Gasteiger partial charge in [0.05, 0.1) is 6.61 Å². The first-order valence-corrected chi connectivity index (χ1v) is 5.89. The minimum Gasteiger partial charge on any atom is -0.449 e. The lowest BCUT2D eigenvalue weighted by molar-refractivity contribution is -0.199. The van der Waals surface area contributed by atoms with Crippen LogP contribution in [0.5, 0.6) is 0 Å². The van der Waals surface area contributed by atoms with E-state index in [0.717, 1.165) is 10.2 Å². The van der Waals surface area contributed by atoms with Crippen LogP contribution in [-0.2, 0) is 14.4 Å². The number of rotatable bonds is 5. The van der Waals surface area contributed by atoms with Gasteiger partial charge in [0, 0.05) is 7.05 Å². The Labute approximate surface area is 106 Å². The van der Waals surface area contributed by atoms with Crippen molar-refractivity contribution in [3.05, 3.63) is 0 Å². The average molecular weight is 260 g/mol. The molecule has 8 heteroatoms. The highest BCUT2D eigenvalue weighted by Gasteiger charge is 2.54. The molecule has 1 amide bonds. The van der Waals surface area contributed by atoms with Crippen LogP contribution in [0.25, 0.3) is 0 Å². The smallest absolute Gasteiger partial charge is 0.429 e. The molecule has 0 bridgehead atoms. The average Bonchev–Trinajstić information content (AvgIpc) is 2.50. The van der Waals surface area contributed by atoms with Gasteiger partial charge in [-0.2, -0.15) is 5.01 Å². The van der Waals surface area contributed by atoms with Gasteiger partial charge in [-0.25, -0.2) is 9.59 Å². The van der Waals surface area contributed by atoms with E-state index < -0.39 is 17.7 Å². The quantitative estimate of drug-likeness (QED) is 0.644. The summed E-state index contributed by atoms with van der Waals surface area (Å²) in [5.74, 6) is -0.671. The number of hydrogen-bond acceptors (Lipinski definition) is 7. The molecule has 1 unspecified atom stereocenters. The predicted molar refractivity (Wildman–Crippen MR) is 62.5 cm³/mol. The van der Waals surface area contributed by atoms with Gasteiger partial charge in [0.25, 0.3) is 0 Å². The number of ether oxygens (including phenoxy) is 1. The van der Waals surface area contributed by atoms with Crippen molar-refractivity contribution in [2.45, 2.75) is 31.8 Å². The number of amides is 1. The van der Waals surface area contributed by atoms with E-state index in [4.69, 9.17) is 21.0 Å². The number of hydroxylamine groups is 1. The Morgan fingerprint density at radius 3 is 2.72 bits per heavy atom. The Bertz CT molecular complexity index is 325. The van der Waals surface area contributed by atoms with Gasteiger partial charge in [0.1, 0.15) is 0 Å². The summed E-state index contributed by atoms with van der Waals surface area (Å²) in [4.78, 5) is 28.4. The van der Waals surface area contributed by atoms with E-state index >= 15 is 0 Å². The molecule has 1 aliphatic heterocycles. The lowest BCUT2D eigenvalue weighted by atomic mass is 10.0. The van der Waals surface area contributed by atoms with Crippen molar-refractivity contribution in [3.8, 4) is 0 Å². The summed E-state index contributed by atoms with van der Waals surface area (Å²) in [5, 5.41) is 2.00. The minimum absolute atomic E-state index is 0.191. The van der Waals surface area contributed by atoms with Crippen molar-refractivity contribution < 1.29 is 19.2 Å². The van der Waals surface area contributed by atoms with Crippen LogP contribution in [0.1, 0.15) is 26.2 Å². The van der Waals surface area contributed by atoms with Crippen LogP contribution in [0, 0.1) is 0 Å². The molecule has 1 heterocycles. The van der Waals surface area contributed by atoms with E-state index in [1.165, 1.54) is 7.05 Å². The zero-order valence-electron chi connectivity index (χ0n) is 10.7. The highest BCUT2D eigenvalue weighted by Crippen LogP contribution is 2.27. The minimum atomic E-state index is -1.52. The SMILES string of the molecule is CCOC(=O)N1N(C)OC(=O)C1(N)CCCCN. The van der Waals surface area contributed by atoms with Crippen LogP contribution in [0.4, 0.5) is 4.79 Å². The van der Waals surface area contributed by atoms with Crippen molar-refractivity contribution in [1.82, 2.24) is 10.2 Å². The standard InChI is InChI=1S/C10H20N4O4/c1-3-17-9(16)14-10(12,6-4-5-7-11)8(15)18-13(14)2/h3-7,11-12H2,1-2H3. The monoisotopic (exact) mass is 260 g/mol. The van der Waals surface area contributed by atoms with E-state index in [1.54, 1.807) is 6.92 Å². The third-order valence-corrected chi connectivity index (χ3v) is 2.68. The maximum Gasteiger partial charge on any atom is 0.429 e. The molecule has 1 fully saturated rings. The highest BCUT2D eigenvalue weighted by atomic mass is 16.8. The number of nitrogens with zero attached hydrogens (tertiary/aromatic N) is 2. The third kappa shape index (κ3) is 2.71. The molecule has 1 saturated heterocycles. The van der Waals surface area contributed by atoms with Crippen LogP contribution < -0.4 is 11.5 Å². The van der Waals surface area contributed by atoms with E-state index in [-0.39, 0.29) is 13.0 Å². The summed E-state index contributed by atoms with van der Waals surface area (Å²) in [6.45, 7) is 2.36. The second-order valence-corrected chi connectivity index (χ2v) is 4.02. The lowest BCUT2D eigenvalue weighted by Gasteiger charge is -2.30. The van der Waals surface area contributed by atoms with Crippen LogP contribution >= 0.6 is 0 Å². The van der Waals surface area contributed by atoms with Gasteiger partial charge in [0.15, 0.2) is 0 Å². The van der Waals surface area contributed by atoms with Gasteiger partial charge in [0.2, 0.25) is 5.66 Å². The third-order valence-electron chi connectivity index (χ3n) is 2.68. The van der Waals surface area contributed by atoms with Crippen molar-refractivity contribution in [2.24, 2.45) is 11.5 Å². The molecule has 0 aromatic heterocycles. The van der Waals surface area contributed by atoms with Crippen molar-refractivity contribution in [1.29, 1.82) is 0 Å². The molecule has 0 aliphatic carbocycles. The number of unbranched alkanes of at least 4 members (excludes halogenated alkanes) is 1. The fourth-order valence-electron chi connectivity index (χ4n) is 1.79. The molecule has 18 heavy (non-hydrogen) atoms. The highest BCUT2D eigenvalue weighted by molar-refractivity contribution is 5.86. The maximum atomic E-state index is 11.8. The molecule has 1 aliphatic rings. The summed E-state index contributed by atoms with van der Waals surface area (Å²) in [6, 6.07) is 0.